The van der Waals surface area contributed by atoms with Gasteiger partial charge in [0, 0.05) is 5.56 Å². The van der Waals surface area contributed by atoms with E-state index in [-0.39, 0.29) is 12.5 Å². The molecular formula is C20H17ClN2O4. The summed E-state index contributed by atoms with van der Waals surface area (Å²) in [5.41, 5.74) is 2.87. The topological polar surface area (TPSA) is 85.5 Å². The highest BCUT2D eigenvalue weighted by molar-refractivity contribution is 6.50. The van der Waals surface area contributed by atoms with Gasteiger partial charge in [0.25, 0.3) is 5.89 Å². The minimum atomic E-state index is -1.03. The van der Waals surface area contributed by atoms with Crippen LogP contribution in [0.4, 0.5) is 0 Å². The quantitative estimate of drug-likeness (QED) is 0.645. The molecule has 0 unspecified atom stereocenters. The second-order valence-corrected chi connectivity index (χ2v) is 6.12. The minimum Gasteiger partial charge on any atom is -0.482 e. The van der Waals surface area contributed by atoms with Gasteiger partial charge in [-0.25, -0.2) is 4.79 Å². The van der Waals surface area contributed by atoms with E-state index in [1.54, 1.807) is 30.3 Å². The number of carbonyl (C=O) groups is 1. The maximum Gasteiger partial charge on any atom is 0.341 e. The number of benzene rings is 2. The molecule has 0 atom stereocenters. The summed E-state index contributed by atoms with van der Waals surface area (Å²) < 4.78 is 10.3. The van der Waals surface area contributed by atoms with Crippen molar-refractivity contribution < 1.29 is 19.2 Å². The lowest BCUT2D eigenvalue weighted by atomic mass is 10.1. The van der Waals surface area contributed by atoms with Gasteiger partial charge in [-0.2, -0.15) is 4.98 Å². The van der Waals surface area contributed by atoms with Gasteiger partial charge < -0.3 is 14.4 Å². The van der Waals surface area contributed by atoms with Crippen molar-refractivity contribution in [3.8, 4) is 17.1 Å². The predicted molar refractivity (Wildman–Crippen MR) is 102 cm³/mol. The molecule has 138 valence electrons. The van der Waals surface area contributed by atoms with Gasteiger partial charge >= 0.3 is 5.97 Å². The van der Waals surface area contributed by atoms with E-state index in [1.165, 1.54) is 5.56 Å². The van der Waals surface area contributed by atoms with Crippen LogP contribution in [-0.4, -0.2) is 27.8 Å². The normalized spacial score (nSPS) is 11.4. The number of hydrogen-bond acceptors (Lipinski definition) is 5. The molecule has 0 aliphatic carbocycles. The molecule has 0 aliphatic rings. The van der Waals surface area contributed by atoms with Crippen LogP contribution in [-0.2, 0) is 11.2 Å². The molecule has 0 bridgehead atoms. The van der Waals surface area contributed by atoms with Crippen molar-refractivity contribution in [2.75, 3.05) is 6.61 Å². The number of carboxylic acid groups (broad SMARTS) is 1. The van der Waals surface area contributed by atoms with Gasteiger partial charge in [-0.15, -0.1) is 0 Å². The van der Waals surface area contributed by atoms with Crippen LogP contribution in [0.25, 0.3) is 22.5 Å². The van der Waals surface area contributed by atoms with Gasteiger partial charge in [0.15, 0.2) is 6.61 Å². The lowest BCUT2D eigenvalue weighted by molar-refractivity contribution is -0.139. The van der Waals surface area contributed by atoms with Crippen molar-refractivity contribution in [1.82, 2.24) is 10.1 Å². The van der Waals surface area contributed by atoms with E-state index in [9.17, 15) is 4.79 Å². The fourth-order valence-electron chi connectivity index (χ4n) is 2.34. The molecule has 2 aromatic carbocycles. The van der Waals surface area contributed by atoms with Crippen LogP contribution in [0.2, 0.25) is 0 Å². The summed E-state index contributed by atoms with van der Waals surface area (Å²) in [6.45, 7) is 1.71. The molecule has 27 heavy (non-hydrogen) atoms. The van der Waals surface area contributed by atoms with Crippen LogP contribution in [0.5, 0.6) is 5.75 Å². The van der Waals surface area contributed by atoms with Gasteiger partial charge in [0.2, 0.25) is 5.82 Å². The SMILES string of the molecule is CCc1ccc(-c2noc(/C(Cl)=C/c3ccc(OCC(=O)O)cc3)n2)cc1. The van der Waals surface area contributed by atoms with Gasteiger partial charge in [-0.3, -0.25) is 0 Å². The van der Waals surface area contributed by atoms with Crippen LogP contribution in [0.15, 0.2) is 53.1 Å². The first-order valence-corrected chi connectivity index (χ1v) is 8.68. The van der Waals surface area contributed by atoms with E-state index in [1.807, 2.05) is 24.3 Å². The van der Waals surface area contributed by atoms with E-state index in [0.29, 0.717) is 16.6 Å². The summed E-state index contributed by atoms with van der Waals surface area (Å²) in [5, 5.41) is 12.9. The Hall–Kier alpha value is -3.12. The molecule has 6 nitrogen and oxygen atoms in total. The summed E-state index contributed by atoms with van der Waals surface area (Å²) in [6, 6.07) is 14.8. The summed E-state index contributed by atoms with van der Waals surface area (Å²) in [5.74, 6) is 0.119. The Kier molecular flexibility index (Phi) is 5.88. The summed E-state index contributed by atoms with van der Waals surface area (Å²) in [7, 11) is 0. The molecule has 0 aliphatic heterocycles. The molecule has 3 rings (SSSR count). The Balaban J connectivity index is 1.72. The molecule has 0 spiro atoms. The first kappa shape index (κ1) is 18.7. The van der Waals surface area contributed by atoms with Gasteiger partial charge in [0.05, 0.1) is 0 Å². The Morgan fingerprint density at radius 3 is 2.52 bits per heavy atom. The molecule has 3 aromatic rings. The van der Waals surface area contributed by atoms with Gasteiger partial charge in [-0.1, -0.05) is 60.1 Å². The maximum absolute atomic E-state index is 10.5. The molecule has 0 fully saturated rings. The lowest BCUT2D eigenvalue weighted by Crippen LogP contribution is -2.09. The average molecular weight is 385 g/mol. The van der Waals surface area contributed by atoms with Crippen LogP contribution in [0.3, 0.4) is 0 Å². The minimum absolute atomic E-state index is 0.220. The largest absolute Gasteiger partial charge is 0.482 e. The Labute approximate surface area is 161 Å². The number of rotatable bonds is 7. The molecule has 1 aromatic heterocycles. The van der Waals surface area contributed by atoms with Crippen molar-refractivity contribution >= 4 is 28.7 Å². The molecule has 0 saturated heterocycles. The third-order valence-electron chi connectivity index (χ3n) is 3.79. The Morgan fingerprint density at radius 2 is 1.89 bits per heavy atom. The predicted octanol–water partition coefficient (Wildman–Crippen LogP) is 4.50. The highest BCUT2D eigenvalue weighted by Gasteiger charge is 2.11. The zero-order chi connectivity index (χ0) is 19.2. The number of carboxylic acids is 1. The summed E-state index contributed by atoms with van der Waals surface area (Å²) in [6.07, 6.45) is 2.65. The number of ether oxygens (including phenoxy) is 1. The van der Waals surface area contributed by atoms with Crippen molar-refractivity contribution in [1.29, 1.82) is 0 Å². The highest BCUT2D eigenvalue weighted by atomic mass is 35.5. The Bertz CT molecular complexity index is 947. The fourth-order valence-corrected chi connectivity index (χ4v) is 2.54. The second kappa shape index (κ2) is 8.51. The number of aliphatic carboxylic acids is 1. The van der Waals surface area contributed by atoms with Crippen LogP contribution in [0.1, 0.15) is 23.9 Å². The van der Waals surface area contributed by atoms with Crippen molar-refractivity contribution in [3.63, 3.8) is 0 Å². The molecule has 1 N–H and O–H groups in total. The smallest absolute Gasteiger partial charge is 0.341 e. The van der Waals surface area contributed by atoms with E-state index in [0.717, 1.165) is 17.5 Å². The monoisotopic (exact) mass is 384 g/mol. The molecule has 0 saturated carbocycles. The number of aromatic nitrogens is 2. The van der Waals surface area contributed by atoms with Crippen LogP contribution < -0.4 is 4.74 Å². The fraction of sp³-hybridized carbons (Fsp3) is 0.150. The standard InChI is InChI=1S/C20H17ClN2O4/c1-2-13-3-7-15(8-4-13)19-22-20(27-23-19)17(21)11-14-5-9-16(10-6-14)26-12-18(24)25/h3-11H,2,12H2,1H3,(H,24,25)/b17-11-. The average Bonchev–Trinajstić information content (AvgIpc) is 3.18. The number of halogens is 1. The van der Waals surface area contributed by atoms with Crippen molar-refractivity contribution in [2.45, 2.75) is 13.3 Å². The number of aryl methyl sites for hydroxylation is 1. The number of nitrogens with zero attached hydrogens (tertiary/aromatic N) is 2. The van der Waals surface area contributed by atoms with E-state index < -0.39 is 5.97 Å². The third kappa shape index (κ3) is 4.95. The first-order valence-electron chi connectivity index (χ1n) is 8.30. The zero-order valence-corrected chi connectivity index (χ0v) is 15.3. The Morgan fingerprint density at radius 1 is 1.19 bits per heavy atom. The van der Waals surface area contributed by atoms with Crippen LogP contribution in [0, 0.1) is 0 Å². The maximum atomic E-state index is 10.5. The van der Waals surface area contributed by atoms with Gasteiger partial charge in [0.1, 0.15) is 10.8 Å². The summed E-state index contributed by atoms with van der Waals surface area (Å²) >= 11 is 6.29. The second-order valence-electron chi connectivity index (χ2n) is 5.72. The third-order valence-corrected chi connectivity index (χ3v) is 4.06. The molecule has 7 heteroatoms. The molecule has 0 radical (unpaired) electrons. The van der Waals surface area contributed by atoms with Crippen molar-refractivity contribution in [2.24, 2.45) is 0 Å². The first-order chi connectivity index (χ1) is 13.0. The zero-order valence-electron chi connectivity index (χ0n) is 14.6. The lowest BCUT2D eigenvalue weighted by Gasteiger charge is -2.03. The highest BCUT2D eigenvalue weighted by Crippen LogP contribution is 2.25. The summed E-state index contributed by atoms with van der Waals surface area (Å²) in [4.78, 5) is 14.8. The van der Waals surface area contributed by atoms with Crippen molar-refractivity contribution in [3.05, 3.63) is 65.5 Å². The molecule has 1 heterocycles. The molecular weight excluding hydrogens is 368 g/mol. The van der Waals surface area contributed by atoms with E-state index >= 15 is 0 Å². The van der Waals surface area contributed by atoms with E-state index in [2.05, 4.69) is 17.1 Å². The van der Waals surface area contributed by atoms with Gasteiger partial charge in [-0.05, 0) is 35.8 Å². The molecule has 0 amide bonds. The number of hydrogen-bond donors (Lipinski definition) is 1. The van der Waals surface area contributed by atoms with Crippen LogP contribution >= 0.6 is 11.6 Å². The van der Waals surface area contributed by atoms with E-state index in [4.69, 9.17) is 26.0 Å².